The molecule has 156 valence electrons. The van der Waals surface area contributed by atoms with Crippen molar-refractivity contribution < 1.29 is 26.4 Å². The van der Waals surface area contributed by atoms with Crippen LogP contribution in [0.25, 0.3) is 0 Å². The topological polar surface area (TPSA) is 107 Å². The summed E-state index contributed by atoms with van der Waals surface area (Å²) < 4.78 is 53.5. The summed E-state index contributed by atoms with van der Waals surface area (Å²) in [5, 5.41) is 1.88. The summed E-state index contributed by atoms with van der Waals surface area (Å²) in [5.74, 6) is 0.0167. The summed E-state index contributed by atoms with van der Waals surface area (Å²) in [5.41, 5.74) is 1.40. The Morgan fingerprint density at radius 3 is 2.31 bits per heavy atom. The molecule has 29 heavy (non-hydrogen) atoms. The first-order chi connectivity index (χ1) is 13.7. The number of sulfone groups is 2. The predicted molar refractivity (Wildman–Crippen MR) is 110 cm³/mol. The van der Waals surface area contributed by atoms with E-state index in [2.05, 4.69) is 5.32 Å². The number of benzene rings is 2. The van der Waals surface area contributed by atoms with Crippen LogP contribution in [0.4, 0.5) is 0 Å². The maximum absolute atomic E-state index is 12.6. The molecule has 1 fully saturated rings. The zero-order valence-electron chi connectivity index (χ0n) is 16.0. The number of hydrogen-bond donors (Lipinski definition) is 1. The van der Waals surface area contributed by atoms with E-state index in [1.54, 1.807) is 7.11 Å². The van der Waals surface area contributed by atoms with Crippen LogP contribution >= 0.6 is 0 Å². The van der Waals surface area contributed by atoms with Gasteiger partial charge in [-0.25, -0.2) is 16.8 Å². The Labute approximate surface area is 170 Å². The lowest BCUT2D eigenvalue weighted by molar-refractivity contribution is 0.0954. The molecule has 0 aliphatic carbocycles. The summed E-state index contributed by atoms with van der Waals surface area (Å²) in [7, 11) is -5.43. The van der Waals surface area contributed by atoms with Gasteiger partial charge in [-0.2, -0.15) is 0 Å². The molecule has 2 aromatic rings. The molecule has 0 spiro atoms. The highest BCUT2D eigenvalue weighted by molar-refractivity contribution is 7.96. The minimum Gasteiger partial charge on any atom is -0.497 e. The molecule has 3 rings (SSSR count). The number of nitrogens with one attached hydrogen (secondary N) is 1. The maximum atomic E-state index is 12.6. The molecule has 7 nitrogen and oxygen atoms in total. The fraction of sp³-hybridized carbons (Fsp3) is 0.350. The summed E-state index contributed by atoms with van der Waals surface area (Å²) >= 11 is 0. The molecular formula is C20H23NO6S2. The van der Waals surface area contributed by atoms with Crippen LogP contribution in [0.3, 0.4) is 0 Å². The lowest BCUT2D eigenvalue weighted by atomic mass is 10.1. The van der Waals surface area contributed by atoms with Crippen molar-refractivity contribution in [2.24, 2.45) is 0 Å². The predicted octanol–water partition coefficient (Wildman–Crippen LogP) is 1.63. The van der Waals surface area contributed by atoms with Crippen molar-refractivity contribution in [1.29, 1.82) is 0 Å². The van der Waals surface area contributed by atoms with Gasteiger partial charge in [0.05, 0.1) is 28.8 Å². The van der Waals surface area contributed by atoms with Gasteiger partial charge < -0.3 is 10.1 Å². The highest BCUT2D eigenvalue weighted by Gasteiger charge is 2.37. The Kier molecular flexibility index (Phi) is 6.28. The number of carbonyl (C=O) groups excluding carboxylic acids is 1. The molecule has 0 saturated carbocycles. The number of carbonyl (C=O) groups is 1. The zero-order chi connectivity index (χ0) is 21.1. The molecule has 0 aromatic heterocycles. The fourth-order valence-electron chi connectivity index (χ4n) is 3.21. The first kappa shape index (κ1) is 21.3. The van der Waals surface area contributed by atoms with Gasteiger partial charge in [0.25, 0.3) is 5.91 Å². The molecule has 1 atom stereocenters. The van der Waals surface area contributed by atoms with Crippen LogP contribution in [0.5, 0.6) is 5.75 Å². The van der Waals surface area contributed by atoms with Crippen molar-refractivity contribution in [2.75, 3.05) is 25.2 Å². The van der Waals surface area contributed by atoms with Gasteiger partial charge in [-0.05, 0) is 54.8 Å². The highest BCUT2D eigenvalue weighted by Crippen LogP contribution is 2.25. The largest absolute Gasteiger partial charge is 0.497 e. The number of ether oxygens (including phenoxy) is 1. The quantitative estimate of drug-likeness (QED) is 0.706. The molecule has 1 heterocycles. The Hall–Kier alpha value is -2.39. The van der Waals surface area contributed by atoms with Crippen LogP contribution in [0.15, 0.2) is 53.4 Å². The average Bonchev–Trinajstić information content (AvgIpc) is 3.09. The first-order valence-electron chi connectivity index (χ1n) is 9.17. The minimum absolute atomic E-state index is 0.0365. The van der Waals surface area contributed by atoms with Crippen LogP contribution in [0.1, 0.15) is 22.3 Å². The van der Waals surface area contributed by atoms with Crippen LogP contribution in [0, 0.1) is 0 Å². The molecule has 0 bridgehead atoms. The normalized spacial score (nSPS) is 18.3. The van der Waals surface area contributed by atoms with Gasteiger partial charge in [-0.15, -0.1) is 0 Å². The maximum Gasteiger partial charge on any atom is 0.251 e. The number of methoxy groups -OCH3 is 1. The first-order valence-corrected chi connectivity index (χ1v) is 12.5. The van der Waals surface area contributed by atoms with Gasteiger partial charge in [-0.1, -0.05) is 12.1 Å². The summed E-state index contributed by atoms with van der Waals surface area (Å²) in [6, 6.07) is 13.2. The second-order valence-electron chi connectivity index (χ2n) is 6.95. The van der Waals surface area contributed by atoms with Gasteiger partial charge in [0.1, 0.15) is 5.75 Å². The van der Waals surface area contributed by atoms with Crippen molar-refractivity contribution in [3.63, 3.8) is 0 Å². The van der Waals surface area contributed by atoms with Crippen molar-refractivity contribution in [3.05, 3.63) is 59.7 Å². The van der Waals surface area contributed by atoms with Crippen LogP contribution in [-0.2, 0) is 26.1 Å². The molecule has 9 heteroatoms. The molecule has 2 aromatic carbocycles. The van der Waals surface area contributed by atoms with Crippen LogP contribution in [0.2, 0.25) is 0 Å². The molecule has 1 aliphatic rings. The monoisotopic (exact) mass is 437 g/mol. The summed E-state index contributed by atoms with van der Waals surface area (Å²) in [6.07, 6.45) is 0.761. The van der Waals surface area contributed by atoms with E-state index in [-0.39, 0.29) is 28.7 Å². The number of rotatable bonds is 7. The molecule has 1 aliphatic heterocycles. The standard InChI is InChI=1S/C20H23NO6S2/c1-27-17-6-2-15(3-7-17)10-12-21-20(22)16-4-8-18(9-5-16)29(25,26)19-11-13-28(23,24)14-19/h2-9,19H,10-14H2,1H3,(H,21,22)/t19-/m0/s1. The van der Waals surface area contributed by atoms with Crippen LogP contribution < -0.4 is 10.1 Å². The SMILES string of the molecule is COc1ccc(CCNC(=O)c2ccc(S(=O)(=O)[C@H]3CCS(=O)(=O)C3)cc2)cc1. The summed E-state index contributed by atoms with van der Waals surface area (Å²) in [4.78, 5) is 12.3. The molecule has 0 radical (unpaired) electrons. The van der Waals surface area contributed by atoms with E-state index >= 15 is 0 Å². The second-order valence-corrected chi connectivity index (χ2v) is 11.4. The molecule has 1 N–H and O–H groups in total. The highest BCUT2D eigenvalue weighted by atomic mass is 32.2. The summed E-state index contributed by atoms with van der Waals surface area (Å²) in [6.45, 7) is 0.436. The van der Waals surface area contributed by atoms with E-state index in [0.29, 0.717) is 18.5 Å². The third-order valence-electron chi connectivity index (χ3n) is 4.93. The smallest absolute Gasteiger partial charge is 0.251 e. The van der Waals surface area contributed by atoms with Crippen molar-refractivity contribution in [3.8, 4) is 5.75 Å². The second kappa shape index (κ2) is 8.54. The van der Waals surface area contributed by atoms with Crippen molar-refractivity contribution >= 4 is 25.6 Å². The van der Waals surface area contributed by atoms with Gasteiger partial charge in [-0.3, -0.25) is 4.79 Å². The lowest BCUT2D eigenvalue weighted by Crippen LogP contribution is -2.26. The molecule has 1 saturated heterocycles. The van der Waals surface area contributed by atoms with Gasteiger partial charge in [0.15, 0.2) is 19.7 Å². The van der Waals surface area contributed by atoms with Gasteiger partial charge in [0.2, 0.25) is 0 Å². The van der Waals surface area contributed by atoms with Gasteiger partial charge >= 0.3 is 0 Å². The molecule has 0 unspecified atom stereocenters. The van der Waals surface area contributed by atoms with Gasteiger partial charge in [0, 0.05) is 12.1 Å². The molecule has 1 amide bonds. The molecular weight excluding hydrogens is 414 g/mol. The Balaban J connectivity index is 1.58. The Morgan fingerprint density at radius 2 is 1.76 bits per heavy atom. The van der Waals surface area contributed by atoms with E-state index in [1.807, 2.05) is 24.3 Å². The Bertz CT molecular complexity index is 1070. The third kappa shape index (κ3) is 5.16. The Morgan fingerprint density at radius 1 is 1.10 bits per heavy atom. The number of amides is 1. The fourth-order valence-corrected chi connectivity index (χ4v) is 7.57. The van der Waals surface area contributed by atoms with E-state index in [0.717, 1.165) is 11.3 Å². The van der Waals surface area contributed by atoms with Crippen molar-refractivity contribution in [1.82, 2.24) is 5.32 Å². The third-order valence-corrected chi connectivity index (χ3v) is 9.12. The van der Waals surface area contributed by atoms with Crippen molar-refractivity contribution in [2.45, 2.75) is 23.0 Å². The lowest BCUT2D eigenvalue weighted by Gasteiger charge is -2.11. The average molecular weight is 438 g/mol. The van der Waals surface area contributed by atoms with E-state index in [1.165, 1.54) is 24.3 Å². The van der Waals surface area contributed by atoms with Crippen LogP contribution in [-0.4, -0.2) is 53.2 Å². The zero-order valence-corrected chi connectivity index (χ0v) is 17.6. The van der Waals surface area contributed by atoms with E-state index in [4.69, 9.17) is 4.74 Å². The van der Waals surface area contributed by atoms with E-state index in [9.17, 15) is 21.6 Å². The van der Waals surface area contributed by atoms with E-state index < -0.39 is 24.9 Å². The minimum atomic E-state index is -3.73. The number of hydrogen-bond acceptors (Lipinski definition) is 6.